The van der Waals surface area contributed by atoms with Crippen LogP contribution < -0.4 is 0 Å². The quantitative estimate of drug-likeness (QED) is 0.799. The Hall–Kier alpha value is -0.910. The van der Waals surface area contributed by atoms with Crippen LogP contribution in [-0.2, 0) is 4.74 Å². The van der Waals surface area contributed by atoms with Crippen molar-refractivity contribution in [3.05, 3.63) is 0 Å². The van der Waals surface area contributed by atoms with Gasteiger partial charge in [0.05, 0.1) is 6.54 Å². The van der Waals surface area contributed by atoms with E-state index in [-0.39, 0.29) is 18.6 Å². The summed E-state index contributed by atoms with van der Waals surface area (Å²) in [5, 5.41) is 0. The number of rotatable bonds is 4. The molecule has 1 saturated heterocycles. The number of alkyl halides is 2. The third-order valence-electron chi connectivity index (χ3n) is 3.24. The van der Waals surface area contributed by atoms with Gasteiger partial charge < -0.3 is 9.64 Å². The molecule has 6 heteroatoms. The topological polar surface area (TPSA) is 32.8 Å². The SMILES string of the molecule is CN(CC1CCCN(CC(F)F)C1)C(=O)OC(C)(C)C. The van der Waals surface area contributed by atoms with Crippen molar-refractivity contribution in [2.45, 2.75) is 45.6 Å². The first-order valence-electron chi connectivity index (χ1n) is 7.12. The first kappa shape index (κ1) is 17.1. The highest BCUT2D eigenvalue weighted by molar-refractivity contribution is 5.67. The van der Waals surface area contributed by atoms with Crippen LogP contribution in [0.4, 0.5) is 13.6 Å². The molecular formula is C14H26F2N2O2. The Morgan fingerprint density at radius 2 is 2.10 bits per heavy atom. The minimum absolute atomic E-state index is 0.174. The van der Waals surface area contributed by atoms with Gasteiger partial charge in [0, 0.05) is 20.1 Å². The van der Waals surface area contributed by atoms with E-state index in [1.165, 1.54) is 0 Å². The monoisotopic (exact) mass is 292 g/mol. The number of nitrogens with zero attached hydrogens (tertiary/aromatic N) is 2. The molecule has 0 bridgehead atoms. The first-order chi connectivity index (χ1) is 9.17. The lowest BCUT2D eigenvalue weighted by Crippen LogP contribution is -2.44. The summed E-state index contributed by atoms with van der Waals surface area (Å²) in [6.45, 7) is 7.19. The van der Waals surface area contributed by atoms with Gasteiger partial charge in [-0.2, -0.15) is 0 Å². The maximum absolute atomic E-state index is 12.4. The van der Waals surface area contributed by atoms with Gasteiger partial charge >= 0.3 is 6.09 Å². The van der Waals surface area contributed by atoms with Crippen LogP contribution in [0.25, 0.3) is 0 Å². The van der Waals surface area contributed by atoms with Crippen LogP contribution in [0, 0.1) is 5.92 Å². The summed E-state index contributed by atoms with van der Waals surface area (Å²) in [4.78, 5) is 15.2. The fraction of sp³-hybridized carbons (Fsp3) is 0.929. The third kappa shape index (κ3) is 6.50. The van der Waals surface area contributed by atoms with E-state index < -0.39 is 12.0 Å². The molecule has 1 aliphatic rings. The number of likely N-dealkylation sites (tertiary alicyclic amines) is 1. The molecule has 0 aromatic heterocycles. The van der Waals surface area contributed by atoms with Crippen molar-refractivity contribution in [2.24, 2.45) is 5.92 Å². The lowest BCUT2D eigenvalue weighted by Gasteiger charge is -2.34. The second-order valence-electron chi connectivity index (χ2n) is 6.52. The normalized spacial score (nSPS) is 21.1. The maximum Gasteiger partial charge on any atom is 0.410 e. The van der Waals surface area contributed by atoms with Gasteiger partial charge in [-0.3, -0.25) is 4.90 Å². The Balaban J connectivity index is 2.41. The van der Waals surface area contributed by atoms with Crippen LogP contribution in [0.1, 0.15) is 33.6 Å². The highest BCUT2D eigenvalue weighted by Crippen LogP contribution is 2.19. The molecule has 0 N–H and O–H groups in total. The number of amides is 1. The third-order valence-corrected chi connectivity index (χ3v) is 3.24. The van der Waals surface area contributed by atoms with Crippen molar-refractivity contribution in [3.63, 3.8) is 0 Å². The Labute approximate surface area is 120 Å². The van der Waals surface area contributed by atoms with Gasteiger partial charge in [0.25, 0.3) is 6.43 Å². The van der Waals surface area contributed by atoms with E-state index in [0.717, 1.165) is 19.4 Å². The maximum atomic E-state index is 12.4. The van der Waals surface area contributed by atoms with Crippen LogP contribution in [-0.4, -0.2) is 61.1 Å². The molecule has 1 aliphatic heterocycles. The Bertz CT molecular complexity index is 319. The van der Waals surface area contributed by atoms with E-state index >= 15 is 0 Å². The van der Waals surface area contributed by atoms with Crippen molar-refractivity contribution in [2.75, 3.05) is 33.2 Å². The highest BCUT2D eigenvalue weighted by atomic mass is 19.3. The number of hydrogen-bond donors (Lipinski definition) is 0. The lowest BCUT2D eigenvalue weighted by atomic mass is 9.97. The Morgan fingerprint density at radius 1 is 1.45 bits per heavy atom. The van der Waals surface area contributed by atoms with Crippen molar-refractivity contribution in [1.29, 1.82) is 0 Å². The average molecular weight is 292 g/mol. The lowest BCUT2D eigenvalue weighted by molar-refractivity contribution is 0.0209. The molecule has 4 nitrogen and oxygen atoms in total. The van der Waals surface area contributed by atoms with E-state index in [1.807, 2.05) is 20.8 Å². The molecule has 0 spiro atoms. The zero-order valence-electron chi connectivity index (χ0n) is 12.9. The number of hydrogen-bond acceptors (Lipinski definition) is 3. The van der Waals surface area contributed by atoms with Crippen molar-refractivity contribution >= 4 is 6.09 Å². The first-order valence-corrected chi connectivity index (χ1v) is 7.12. The van der Waals surface area contributed by atoms with Gasteiger partial charge in [-0.05, 0) is 46.1 Å². The molecule has 0 saturated carbocycles. The number of halogens is 2. The van der Waals surface area contributed by atoms with E-state index in [1.54, 1.807) is 16.8 Å². The van der Waals surface area contributed by atoms with E-state index in [2.05, 4.69) is 0 Å². The minimum Gasteiger partial charge on any atom is -0.444 e. The van der Waals surface area contributed by atoms with Gasteiger partial charge in [0.2, 0.25) is 0 Å². The molecule has 0 aromatic rings. The van der Waals surface area contributed by atoms with Gasteiger partial charge in [-0.1, -0.05) is 0 Å². The number of ether oxygens (including phenoxy) is 1. The second-order valence-corrected chi connectivity index (χ2v) is 6.52. The molecule has 1 unspecified atom stereocenters. The Kier molecular flexibility index (Phi) is 6.17. The summed E-state index contributed by atoms with van der Waals surface area (Å²) in [5.74, 6) is 0.236. The van der Waals surface area contributed by atoms with E-state index in [0.29, 0.717) is 13.1 Å². The molecule has 1 heterocycles. The largest absolute Gasteiger partial charge is 0.444 e. The van der Waals surface area contributed by atoms with Crippen molar-refractivity contribution in [1.82, 2.24) is 9.80 Å². The molecule has 20 heavy (non-hydrogen) atoms. The summed E-state index contributed by atoms with van der Waals surface area (Å²) in [6.07, 6.45) is -0.785. The molecular weight excluding hydrogens is 266 g/mol. The average Bonchev–Trinajstić information content (AvgIpc) is 2.26. The Morgan fingerprint density at radius 3 is 2.65 bits per heavy atom. The molecule has 0 aliphatic carbocycles. The molecule has 1 fully saturated rings. The van der Waals surface area contributed by atoms with Crippen molar-refractivity contribution < 1.29 is 18.3 Å². The number of carbonyl (C=O) groups excluding carboxylic acids is 1. The van der Waals surface area contributed by atoms with Crippen molar-refractivity contribution in [3.8, 4) is 0 Å². The molecule has 118 valence electrons. The predicted molar refractivity (Wildman–Crippen MR) is 74.0 cm³/mol. The second kappa shape index (κ2) is 7.20. The smallest absolute Gasteiger partial charge is 0.410 e. The van der Waals surface area contributed by atoms with Gasteiger partial charge in [0.1, 0.15) is 5.60 Å². The van der Waals surface area contributed by atoms with Crippen LogP contribution in [0.15, 0.2) is 0 Å². The fourth-order valence-corrected chi connectivity index (χ4v) is 2.46. The number of piperidine rings is 1. The summed E-state index contributed by atoms with van der Waals surface area (Å²) < 4.78 is 30.1. The number of carbonyl (C=O) groups is 1. The predicted octanol–water partition coefficient (Wildman–Crippen LogP) is 2.83. The fourth-order valence-electron chi connectivity index (χ4n) is 2.46. The van der Waals surface area contributed by atoms with E-state index in [9.17, 15) is 13.6 Å². The van der Waals surface area contributed by atoms with Crippen LogP contribution in [0.2, 0.25) is 0 Å². The summed E-state index contributed by atoms with van der Waals surface area (Å²) in [7, 11) is 1.69. The van der Waals surface area contributed by atoms with Gasteiger partial charge in [-0.15, -0.1) is 0 Å². The summed E-state index contributed by atoms with van der Waals surface area (Å²) in [6, 6.07) is 0. The van der Waals surface area contributed by atoms with Crippen LogP contribution in [0.5, 0.6) is 0 Å². The van der Waals surface area contributed by atoms with Crippen LogP contribution >= 0.6 is 0 Å². The standard InChI is InChI=1S/C14H26F2N2O2/c1-14(2,3)20-13(19)17(4)8-11-6-5-7-18(9-11)10-12(15)16/h11-12H,5-10H2,1-4H3. The van der Waals surface area contributed by atoms with Gasteiger partial charge in [0.15, 0.2) is 0 Å². The molecule has 1 rings (SSSR count). The highest BCUT2D eigenvalue weighted by Gasteiger charge is 2.26. The van der Waals surface area contributed by atoms with Gasteiger partial charge in [-0.25, -0.2) is 13.6 Å². The summed E-state index contributed by atoms with van der Waals surface area (Å²) >= 11 is 0. The minimum atomic E-state index is -2.29. The molecule has 0 aromatic carbocycles. The van der Waals surface area contributed by atoms with Crippen LogP contribution in [0.3, 0.4) is 0 Å². The molecule has 1 atom stereocenters. The summed E-state index contributed by atoms with van der Waals surface area (Å²) in [5.41, 5.74) is -0.514. The van der Waals surface area contributed by atoms with E-state index in [4.69, 9.17) is 4.74 Å². The zero-order chi connectivity index (χ0) is 15.3. The zero-order valence-corrected chi connectivity index (χ0v) is 12.9. The molecule has 0 radical (unpaired) electrons. The molecule has 1 amide bonds.